The zero-order chi connectivity index (χ0) is 12.2. The van der Waals surface area contributed by atoms with Crippen molar-refractivity contribution in [3.8, 4) is 0 Å². The molecule has 0 aromatic carbocycles. The van der Waals surface area contributed by atoms with Crippen LogP contribution >= 0.6 is 0 Å². The van der Waals surface area contributed by atoms with E-state index in [2.05, 4.69) is 41.6 Å². The van der Waals surface area contributed by atoms with E-state index in [4.69, 9.17) is 4.52 Å². The smallest absolute Gasteiger partial charge is 0.197 e. The lowest BCUT2D eigenvalue weighted by molar-refractivity contribution is 0.400. The number of hydrogen-bond acceptors (Lipinski definition) is 3. The van der Waals surface area contributed by atoms with Crippen molar-refractivity contribution in [2.75, 3.05) is 11.9 Å². The minimum Gasteiger partial charge on any atom is -0.360 e. The lowest BCUT2D eigenvalue weighted by Crippen LogP contribution is -2.44. The van der Waals surface area contributed by atoms with Gasteiger partial charge in [-0.25, -0.2) is 0 Å². The standard InChI is InChI=1S/C11H20N4O/c1-6-12-10(14-11(3,4)5)13-9-7-8(2)16-15-9/h7H,6H2,1-5H3,(H2,12,13,14,15). The molecule has 0 atom stereocenters. The second-order valence-electron chi connectivity index (χ2n) is 4.65. The second kappa shape index (κ2) is 5.01. The Morgan fingerprint density at radius 2 is 2.19 bits per heavy atom. The average molecular weight is 224 g/mol. The molecule has 1 heterocycles. The van der Waals surface area contributed by atoms with Gasteiger partial charge in [0.05, 0.1) is 0 Å². The summed E-state index contributed by atoms with van der Waals surface area (Å²) in [6.45, 7) is 10.8. The Bertz CT molecular complexity index is 362. The van der Waals surface area contributed by atoms with Crippen molar-refractivity contribution in [1.29, 1.82) is 0 Å². The summed E-state index contributed by atoms with van der Waals surface area (Å²) in [5.41, 5.74) is -0.0419. The molecule has 1 aromatic rings. The lowest BCUT2D eigenvalue weighted by Gasteiger charge is -2.23. The molecule has 0 amide bonds. The fraction of sp³-hybridized carbons (Fsp3) is 0.636. The van der Waals surface area contributed by atoms with E-state index in [0.717, 1.165) is 5.76 Å². The van der Waals surface area contributed by atoms with Crippen LogP contribution < -0.4 is 10.6 Å². The first kappa shape index (κ1) is 12.5. The summed E-state index contributed by atoms with van der Waals surface area (Å²) in [4.78, 5) is 4.33. The maximum Gasteiger partial charge on any atom is 0.197 e. The fourth-order valence-electron chi connectivity index (χ4n) is 1.17. The van der Waals surface area contributed by atoms with E-state index in [1.807, 2.05) is 19.9 Å². The highest BCUT2D eigenvalue weighted by atomic mass is 16.5. The number of nitrogens with zero attached hydrogens (tertiary/aromatic N) is 2. The Morgan fingerprint density at radius 1 is 1.50 bits per heavy atom. The quantitative estimate of drug-likeness (QED) is 0.597. The summed E-state index contributed by atoms with van der Waals surface area (Å²) in [7, 11) is 0. The van der Waals surface area contributed by atoms with Crippen LogP contribution in [0.5, 0.6) is 0 Å². The highest BCUT2D eigenvalue weighted by Crippen LogP contribution is 2.07. The van der Waals surface area contributed by atoms with Gasteiger partial charge in [0.25, 0.3) is 0 Å². The van der Waals surface area contributed by atoms with Crippen molar-refractivity contribution in [3.63, 3.8) is 0 Å². The Hall–Kier alpha value is -1.52. The number of hydrogen-bond donors (Lipinski definition) is 2. The molecule has 0 fully saturated rings. The zero-order valence-electron chi connectivity index (χ0n) is 10.6. The number of rotatable bonds is 2. The molecule has 1 rings (SSSR count). The third-order valence-corrected chi connectivity index (χ3v) is 1.68. The van der Waals surface area contributed by atoms with Crippen LogP contribution in [0.15, 0.2) is 15.6 Å². The first-order valence-electron chi connectivity index (χ1n) is 5.43. The van der Waals surface area contributed by atoms with E-state index < -0.39 is 0 Å². The van der Waals surface area contributed by atoms with Gasteiger partial charge in [0, 0.05) is 18.2 Å². The monoisotopic (exact) mass is 224 g/mol. The van der Waals surface area contributed by atoms with E-state index in [1.165, 1.54) is 0 Å². The normalized spacial score (nSPS) is 12.7. The van der Waals surface area contributed by atoms with Crippen molar-refractivity contribution in [2.45, 2.75) is 40.2 Å². The van der Waals surface area contributed by atoms with Gasteiger partial charge in [-0.3, -0.25) is 4.99 Å². The molecule has 0 aliphatic rings. The van der Waals surface area contributed by atoms with Gasteiger partial charge in [-0.15, -0.1) is 0 Å². The Labute approximate surface area is 96.3 Å². The third kappa shape index (κ3) is 4.33. The van der Waals surface area contributed by atoms with Crippen LogP contribution in [-0.2, 0) is 0 Å². The molecule has 0 saturated carbocycles. The third-order valence-electron chi connectivity index (χ3n) is 1.68. The summed E-state index contributed by atoms with van der Waals surface area (Å²) in [6, 6.07) is 1.83. The van der Waals surface area contributed by atoms with Crippen LogP contribution in [0.4, 0.5) is 5.82 Å². The molecule has 5 heteroatoms. The number of guanidine groups is 1. The van der Waals surface area contributed by atoms with E-state index in [9.17, 15) is 0 Å². The van der Waals surface area contributed by atoms with Crippen molar-refractivity contribution in [1.82, 2.24) is 10.5 Å². The van der Waals surface area contributed by atoms with Gasteiger partial charge in [0.1, 0.15) is 5.76 Å². The van der Waals surface area contributed by atoms with Crippen molar-refractivity contribution >= 4 is 11.8 Å². The van der Waals surface area contributed by atoms with Crippen molar-refractivity contribution in [2.24, 2.45) is 4.99 Å². The number of aryl methyl sites for hydroxylation is 1. The van der Waals surface area contributed by atoms with Gasteiger partial charge >= 0.3 is 0 Å². The summed E-state index contributed by atoms with van der Waals surface area (Å²) in [5, 5.41) is 10.2. The summed E-state index contributed by atoms with van der Waals surface area (Å²) in [6.07, 6.45) is 0. The first-order valence-corrected chi connectivity index (χ1v) is 5.43. The predicted molar refractivity (Wildman–Crippen MR) is 65.7 cm³/mol. The number of aliphatic imine (C=N–C) groups is 1. The molecule has 0 saturated heterocycles. The molecule has 0 radical (unpaired) electrons. The number of anilines is 1. The molecule has 2 N–H and O–H groups in total. The summed E-state index contributed by atoms with van der Waals surface area (Å²) < 4.78 is 4.98. The minimum absolute atomic E-state index is 0.0419. The van der Waals surface area contributed by atoms with E-state index >= 15 is 0 Å². The fourth-order valence-corrected chi connectivity index (χ4v) is 1.17. The molecular weight excluding hydrogens is 204 g/mol. The van der Waals surface area contributed by atoms with Gasteiger partial charge < -0.3 is 15.2 Å². The van der Waals surface area contributed by atoms with E-state index in [0.29, 0.717) is 18.3 Å². The largest absolute Gasteiger partial charge is 0.360 e. The Balaban J connectivity index is 2.69. The molecule has 5 nitrogen and oxygen atoms in total. The molecule has 0 aliphatic carbocycles. The Morgan fingerprint density at radius 3 is 2.62 bits per heavy atom. The number of nitrogens with one attached hydrogen (secondary N) is 2. The summed E-state index contributed by atoms with van der Waals surface area (Å²) >= 11 is 0. The van der Waals surface area contributed by atoms with Crippen molar-refractivity contribution in [3.05, 3.63) is 11.8 Å². The van der Waals surface area contributed by atoms with Gasteiger partial charge in [0.15, 0.2) is 11.8 Å². The molecule has 90 valence electrons. The van der Waals surface area contributed by atoms with Crippen LogP contribution in [0.1, 0.15) is 33.5 Å². The minimum atomic E-state index is -0.0419. The molecule has 0 aliphatic heterocycles. The van der Waals surface area contributed by atoms with E-state index in [1.54, 1.807) is 0 Å². The van der Waals surface area contributed by atoms with Gasteiger partial charge in [0.2, 0.25) is 0 Å². The zero-order valence-corrected chi connectivity index (χ0v) is 10.6. The predicted octanol–water partition coefficient (Wildman–Crippen LogP) is 2.16. The average Bonchev–Trinajstić information content (AvgIpc) is 2.48. The SMILES string of the molecule is CCN=C(Nc1cc(C)on1)NC(C)(C)C. The van der Waals surface area contributed by atoms with Gasteiger partial charge in [-0.05, 0) is 34.6 Å². The molecule has 16 heavy (non-hydrogen) atoms. The first-order chi connectivity index (χ1) is 7.40. The molecule has 0 spiro atoms. The highest BCUT2D eigenvalue weighted by Gasteiger charge is 2.13. The van der Waals surface area contributed by atoms with Crippen LogP contribution in [0.25, 0.3) is 0 Å². The van der Waals surface area contributed by atoms with Crippen LogP contribution in [0, 0.1) is 6.92 Å². The highest BCUT2D eigenvalue weighted by molar-refractivity contribution is 5.93. The van der Waals surface area contributed by atoms with Crippen molar-refractivity contribution < 1.29 is 4.52 Å². The van der Waals surface area contributed by atoms with E-state index in [-0.39, 0.29) is 5.54 Å². The lowest BCUT2D eigenvalue weighted by atomic mass is 10.1. The van der Waals surface area contributed by atoms with Crippen LogP contribution in [-0.4, -0.2) is 23.2 Å². The number of aromatic nitrogens is 1. The van der Waals surface area contributed by atoms with Crippen LogP contribution in [0.2, 0.25) is 0 Å². The van der Waals surface area contributed by atoms with Gasteiger partial charge in [-0.1, -0.05) is 5.16 Å². The second-order valence-corrected chi connectivity index (χ2v) is 4.65. The topological polar surface area (TPSA) is 62.5 Å². The maximum absolute atomic E-state index is 4.98. The molecule has 1 aromatic heterocycles. The maximum atomic E-state index is 4.98. The van der Waals surface area contributed by atoms with Gasteiger partial charge in [-0.2, -0.15) is 0 Å². The Kier molecular flexibility index (Phi) is 3.93. The molecular formula is C11H20N4O. The molecule has 0 bridgehead atoms. The molecule has 0 unspecified atom stereocenters. The summed E-state index contributed by atoms with van der Waals surface area (Å²) in [5.74, 6) is 2.15. The van der Waals surface area contributed by atoms with Crippen LogP contribution in [0.3, 0.4) is 0 Å².